The summed E-state index contributed by atoms with van der Waals surface area (Å²) in [6.45, 7) is 4.00. The second-order valence-corrected chi connectivity index (χ2v) is 6.21. The Morgan fingerprint density at radius 3 is 2.27 bits per heavy atom. The molecule has 0 N–H and O–H groups in total. The number of rotatable bonds is 6. The van der Waals surface area contributed by atoms with Gasteiger partial charge in [0.2, 0.25) is 0 Å². The van der Waals surface area contributed by atoms with Gasteiger partial charge in [-0.25, -0.2) is 0 Å². The summed E-state index contributed by atoms with van der Waals surface area (Å²) in [5.41, 5.74) is 2.44. The van der Waals surface area contributed by atoms with Crippen LogP contribution in [0.3, 0.4) is 0 Å². The maximum atomic E-state index is 12.5. The van der Waals surface area contributed by atoms with Crippen molar-refractivity contribution in [3.63, 3.8) is 0 Å². The van der Waals surface area contributed by atoms with Crippen molar-refractivity contribution < 1.29 is 13.9 Å². The molecule has 0 aliphatic carbocycles. The summed E-state index contributed by atoms with van der Waals surface area (Å²) < 4.78 is 16.5. The standard InChI is InChI=1S/C21H23NO4/c1-5-22(2)13-14-6-8-15(9-7-14)18-11-17(23)16-10-20(24-3)21(25-4)12-19(16)26-18/h6-12H,5,13H2,1-4H3. The van der Waals surface area contributed by atoms with Crippen LogP contribution in [-0.4, -0.2) is 32.7 Å². The molecule has 1 heterocycles. The lowest BCUT2D eigenvalue weighted by Gasteiger charge is -2.14. The first-order chi connectivity index (χ1) is 12.5. The first-order valence-electron chi connectivity index (χ1n) is 8.53. The third-order valence-electron chi connectivity index (χ3n) is 4.46. The van der Waals surface area contributed by atoms with Gasteiger partial charge >= 0.3 is 0 Å². The summed E-state index contributed by atoms with van der Waals surface area (Å²) in [6, 6.07) is 12.9. The summed E-state index contributed by atoms with van der Waals surface area (Å²) in [5.74, 6) is 1.56. The van der Waals surface area contributed by atoms with Gasteiger partial charge in [-0.1, -0.05) is 31.2 Å². The van der Waals surface area contributed by atoms with Crippen LogP contribution in [0, 0.1) is 0 Å². The van der Waals surface area contributed by atoms with Gasteiger partial charge in [0.1, 0.15) is 11.3 Å². The molecule has 0 aliphatic heterocycles. The number of nitrogens with zero attached hydrogens (tertiary/aromatic N) is 1. The molecule has 0 atom stereocenters. The van der Waals surface area contributed by atoms with Crippen molar-refractivity contribution >= 4 is 11.0 Å². The van der Waals surface area contributed by atoms with E-state index in [-0.39, 0.29) is 5.43 Å². The molecule has 0 aliphatic rings. The van der Waals surface area contributed by atoms with Crippen LogP contribution in [0.25, 0.3) is 22.3 Å². The Hall–Kier alpha value is -2.79. The van der Waals surface area contributed by atoms with E-state index in [1.165, 1.54) is 18.7 Å². The Morgan fingerprint density at radius 2 is 1.65 bits per heavy atom. The van der Waals surface area contributed by atoms with Gasteiger partial charge in [0.25, 0.3) is 0 Å². The Balaban J connectivity index is 2.01. The Morgan fingerprint density at radius 1 is 1.00 bits per heavy atom. The highest BCUT2D eigenvalue weighted by Gasteiger charge is 2.12. The lowest BCUT2D eigenvalue weighted by Crippen LogP contribution is -2.16. The molecule has 26 heavy (non-hydrogen) atoms. The minimum absolute atomic E-state index is 0.114. The van der Waals surface area contributed by atoms with Crippen LogP contribution >= 0.6 is 0 Å². The fourth-order valence-electron chi connectivity index (χ4n) is 2.82. The summed E-state index contributed by atoms with van der Waals surface area (Å²) in [7, 11) is 5.17. The molecule has 5 nitrogen and oxygen atoms in total. The van der Waals surface area contributed by atoms with Gasteiger partial charge in [0.15, 0.2) is 16.9 Å². The SMILES string of the molecule is CCN(C)Cc1ccc(-c2cc(=O)c3cc(OC)c(OC)cc3o2)cc1. The number of benzene rings is 2. The third-order valence-corrected chi connectivity index (χ3v) is 4.46. The van der Waals surface area contributed by atoms with Gasteiger partial charge in [0.05, 0.1) is 19.6 Å². The fourth-order valence-corrected chi connectivity index (χ4v) is 2.82. The molecule has 0 unspecified atom stereocenters. The van der Waals surface area contributed by atoms with E-state index in [0.717, 1.165) is 18.7 Å². The van der Waals surface area contributed by atoms with E-state index < -0.39 is 0 Å². The van der Waals surface area contributed by atoms with Crippen molar-refractivity contribution in [2.75, 3.05) is 27.8 Å². The van der Waals surface area contributed by atoms with Crippen LogP contribution in [-0.2, 0) is 6.54 Å². The fraction of sp³-hybridized carbons (Fsp3) is 0.286. The number of hydrogen-bond donors (Lipinski definition) is 0. The molecule has 3 rings (SSSR count). The van der Waals surface area contributed by atoms with Crippen LogP contribution in [0.2, 0.25) is 0 Å². The first-order valence-corrected chi connectivity index (χ1v) is 8.53. The van der Waals surface area contributed by atoms with E-state index in [4.69, 9.17) is 13.9 Å². The number of ether oxygens (including phenoxy) is 2. The van der Waals surface area contributed by atoms with Crippen LogP contribution < -0.4 is 14.9 Å². The Labute approximate surface area is 152 Å². The third kappa shape index (κ3) is 3.58. The predicted molar refractivity (Wildman–Crippen MR) is 103 cm³/mol. The second kappa shape index (κ2) is 7.62. The summed E-state index contributed by atoms with van der Waals surface area (Å²) >= 11 is 0. The zero-order chi connectivity index (χ0) is 18.7. The van der Waals surface area contributed by atoms with Crippen LogP contribution in [0.15, 0.2) is 51.7 Å². The topological polar surface area (TPSA) is 51.9 Å². The molecular formula is C21H23NO4. The molecule has 1 aromatic heterocycles. The van der Waals surface area contributed by atoms with E-state index in [0.29, 0.717) is 28.2 Å². The van der Waals surface area contributed by atoms with Crippen molar-refractivity contribution in [2.45, 2.75) is 13.5 Å². The largest absolute Gasteiger partial charge is 0.493 e. The monoisotopic (exact) mass is 353 g/mol. The zero-order valence-corrected chi connectivity index (χ0v) is 15.5. The van der Waals surface area contributed by atoms with Crippen LogP contribution in [0.5, 0.6) is 11.5 Å². The highest BCUT2D eigenvalue weighted by atomic mass is 16.5. The average Bonchev–Trinajstić information content (AvgIpc) is 2.67. The minimum atomic E-state index is -0.114. The van der Waals surface area contributed by atoms with E-state index in [9.17, 15) is 4.79 Å². The summed E-state index contributed by atoms with van der Waals surface area (Å²) in [6.07, 6.45) is 0. The smallest absolute Gasteiger partial charge is 0.193 e. The van der Waals surface area contributed by atoms with Gasteiger partial charge < -0.3 is 18.8 Å². The molecular weight excluding hydrogens is 330 g/mol. The maximum absolute atomic E-state index is 12.5. The lowest BCUT2D eigenvalue weighted by molar-refractivity contribution is 0.346. The number of methoxy groups -OCH3 is 2. The van der Waals surface area contributed by atoms with Gasteiger partial charge in [-0.15, -0.1) is 0 Å². The minimum Gasteiger partial charge on any atom is -0.493 e. The number of fused-ring (bicyclic) bond motifs is 1. The van der Waals surface area contributed by atoms with Crippen LogP contribution in [0.4, 0.5) is 0 Å². The summed E-state index contributed by atoms with van der Waals surface area (Å²) in [5, 5.41) is 0.465. The molecule has 0 radical (unpaired) electrons. The highest BCUT2D eigenvalue weighted by molar-refractivity contribution is 5.82. The van der Waals surface area contributed by atoms with E-state index >= 15 is 0 Å². The molecule has 0 amide bonds. The molecule has 5 heteroatoms. The molecule has 2 aromatic carbocycles. The first kappa shape index (κ1) is 18.0. The zero-order valence-electron chi connectivity index (χ0n) is 15.5. The molecule has 0 saturated carbocycles. The van der Waals surface area contributed by atoms with Gasteiger partial charge in [-0.3, -0.25) is 4.79 Å². The molecule has 136 valence electrons. The van der Waals surface area contributed by atoms with Crippen LogP contribution in [0.1, 0.15) is 12.5 Å². The van der Waals surface area contributed by atoms with E-state index in [1.807, 2.05) is 12.1 Å². The second-order valence-electron chi connectivity index (χ2n) is 6.21. The van der Waals surface area contributed by atoms with E-state index in [2.05, 4.69) is 31.0 Å². The number of hydrogen-bond acceptors (Lipinski definition) is 5. The van der Waals surface area contributed by atoms with Crippen molar-refractivity contribution in [1.29, 1.82) is 0 Å². The van der Waals surface area contributed by atoms with Gasteiger partial charge in [-0.2, -0.15) is 0 Å². The Bertz CT molecular complexity index is 960. The lowest BCUT2D eigenvalue weighted by atomic mass is 10.1. The molecule has 0 saturated heterocycles. The van der Waals surface area contributed by atoms with Crippen molar-refractivity contribution in [3.8, 4) is 22.8 Å². The van der Waals surface area contributed by atoms with Gasteiger partial charge in [-0.05, 0) is 25.2 Å². The van der Waals surface area contributed by atoms with E-state index in [1.54, 1.807) is 19.2 Å². The normalized spacial score (nSPS) is 11.1. The average molecular weight is 353 g/mol. The molecule has 0 bridgehead atoms. The molecule has 0 spiro atoms. The maximum Gasteiger partial charge on any atom is 0.193 e. The molecule has 3 aromatic rings. The Kier molecular flexibility index (Phi) is 5.28. The highest BCUT2D eigenvalue weighted by Crippen LogP contribution is 2.32. The van der Waals surface area contributed by atoms with Crippen molar-refractivity contribution in [1.82, 2.24) is 4.90 Å². The predicted octanol–water partition coefficient (Wildman–Crippen LogP) is 3.93. The van der Waals surface area contributed by atoms with Crippen molar-refractivity contribution in [2.24, 2.45) is 0 Å². The molecule has 0 fully saturated rings. The van der Waals surface area contributed by atoms with Gasteiger partial charge in [0, 0.05) is 24.2 Å². The van der Waals surface area contributed by atoms with Crippen molar-refractivity contribution in [3.05, 3.63) is 58.3 Å². The quantitative estimate of drug-likeness (QED) is 0.672. The summed E-state index contributed by atoms with van der Waals surface area (Å²) in [4.78, 5) is 14.8.